The lowest BCUT2D eigenvalue weighted by molar-refractivity contribution is -0.661. The number of nitro groups is 1. The molecule has 0 radical (unpaired) electrons. The van der Waals surface area contributed by atoms with Crippen molar-refractivity contribution in [2.24, 2.45) is 0 Å². The van der Waals surface area contributed by atoms with Gasteiger partial charge in [0.1, 0.15) is 11.4 Å². The van der Waals surface area contributed by atoms with Gasteiger partial charge in [0.15, 0.2) is 5.70 Å². The summed E-state index contributed by atoms with van der Waals surface area (Å²) in [6, 6.07) is 11.0. The SMILES string of the molecule is CC1=C([N+](=O)[O-])c2ccccc2N2[NH2+]N(c3ccc(C(F)(F)F)cc3)C(O)=C12.[OH-]. The Morgan fingerprint density at radius 3 is 2.28 bits per heavy atom. The summed E-state index contributed by atoms with van der Waals surface area (Å²) < 4.78 is 38.4. The van der Waals surface area contributed by atoms with Crippen LogP contribution in [0.2, 0.25) is 0 Å². The highest BCUT2D eigenvalue weighted by atomic mass is 19.4. The molecule has 2 aliphatic rings. The van der Waals surface area contributed by atoms with Crippen LogP contribution in [0.25, 0.3) is 5.70 Å². The molecule has 0 unspecified atom stereocenters. The first-order valence-electron chi connectivity index (χ1n) is 8.19. The number of anilines is 2. The zero-order valence-electron chi connectivity index (χ0n) is 14.9. The van der Waals surface area contributed by atoms with E-state index in [0.29, 0.717) is 16.9 Å². The molecule has 0 aliphatic carbocycles. The van der Waals surface area contributed by atoms with E-state index in [1.807, 2.05) is 0 Å². The molecule has 2 aromatic carbocycles. The molecule has 2 heterocycles. The molecule has 0 saturated heterocycles. The topological polar surface area (TPSA) is 116 Å². The summed E-state index contributed by atoms with van der Waals surface area (Å²) in [5.41, 5.74) is 2.21. The summed E-state index contributed by atoms with van der Waals surface area (Å²) in [6.07, 6.45) is -4.47. The highest BCUT2D eigenvalue weighted by molar-refractivity contribution is 5.83. The number of alkyl halides is 3. The molecule has 4 N–H and O–H groups in total. The standard InChI is InChI=1S/C18H13F3N4O3.H2O/c1-10-15(25(27)28)13-4-2-3-5-14(13)24-16(10)17(26)23(22-24)12-8-6-11(7-9-12)18(19,20)21;/h2-9,22,26H,1H3;1H2. The van der Waals surface area contributed by atoms with Crippen LogP contribution in [0.15, 0.2) is 65.7 Å². The second-order valence-electron chi connectivity index (χ2n) is 6.32. The lowest BCUT2D eigenvalue weighted by Crippen LogP contribution is -2.99. The van der Waals surface area contributed by atoms with E-state index < -0.39 is 16.7 Å². The zero-order chi connectivity index (χ0) is 20.2. The van der Waals surface area contributed by atoms with Gasteiger partial charge >= 0.3 is 6.18 Å². The van der Waals surface area contributed by atoms with Crippen LogP contribution in [-0.4, -0.2) is 15.5 Å². The van der Waals surface area contributed by atoms with Gasteiger partial charge in [-0.3, -0.25) is 10.1 Å². The number of hydrogen-bond donors (Lipinski definition) is 2. The quantitative estimate of drug-likeness (QED) is 0.448. The van der Waals surface area contributed by atoms with Gasteiger partial charge in [0.2, 0.25) is 0 Å². The number of nitrogens with zero attached hydrogens (tertiary/aromatic N) is 3. The number of para-hydroxylation sites is 1. The Morgan fingerprint density at radius 2 is 1.69 bits per heavy atom. The largest absolute Gasteiger partial charge is 0.870 e. The Labute approximate surface area is 162 Å². The molecule has 0 bridgehead atoms. The Morgan fingerprint density at radius 1 is 1.07 bits per heavy atom. The van der Waals surface area contributed by atoms with Crippen LogP contribution in [0.5, 0.6) is 0 Å². The van der Waals surface area contributed by atoms with Crippen LogP contribution in [0.1, 0.15) is 18.1 Å². The van der Waals surface area contributed by atoms with Crippen LogP contribution >= 0.6 is 0 Å². The number of nitrogens with two attached hydrogens (primary N) is 1. The van der Waals surface area contributed by atoms with Gasteiger partial charge in [0, 0.05) is 0 Å². The highest BCUT2D eigenvalue weighted by Gasteiger charge is 2.45. The maximum Gasteiger partial charge on any atom is 0.416 e. The first-order valence-corrected chi connectivity index (χ1v) is 8.19. The Bertz CT molecular complexity index is 1050. The van der Waals surface area contributed by atoms with E-state index in [9.17, 15) is 28.4 Å². The van der Waals surface area contributed by atoms with E-state index in [1.165, 1.54) is 29.6 Å². The molecule has 2 aliphatic heterocycles. The Balaban J connectivity index is 0.00000240. The lowest BCUT2D eigenvalue weighted by atomic mass is 9.98. The molecule has 11 heteroatoms. The number of fused-ring (bicyclic) bond motifs is 3. The molecule has 8 nitrogen and oxygen atoms in total. The minimum atomic E-state index is -4.47. The molecule has 0 aromatic heterocycles. The van der Waals surface area contributed by atoms with Crippen molar-refractivity contribution in [1.82, 2.24) is 0 Å². The van der Waals surface area contributed by atoms with Gasteiger partial charge in [-0.05, 0) is 43.3 Å². The fraction of sp³-hybridized carbons (Fsp3) is 0.111. The summed E-state index contributed by atoms with van der Waals surface area (Å²) in [7, 11) is 0. The van der Waals surface area contributed by atoms with E-state index in [4.69, 9.17) is 0 Å². The highest BCUT2D eigenvalue weighted by Crippen LogP contribution is 2.41. The molecule has 152 valence electrons. The number of rotatable bonds is 2. The molecule has 0 amide bonds. The third-order valence-electron chi connectivity index (χ3n) is 4.70. The normalized spacial score (nSPS) is 15.9. The van der Waals surface area contributed by atoms with Crippen molar-refractivity contribution < 1.29 is 34.2 Å². The van der Waals surface area contributed by atoms with Gasteiger partial charge in [0.25, 0.3) is 11.6 Å². The number of aliphatic hydroxyl groups is 1. The van der Waals surface area contributed by atoms with Gasteiger partial charge in [-0.1, -0.05) is 12.1 Å². The second-order valence-corrected chi connectivity index (χ2v) is 6.32. The minimum absolute atomic E-state index is 0. The fourth-order valence-electron chi connectivity index (χ4n) is 3.41. The number of quaternary nitrogens is 1. The molecule has 29 heavy (non-hydrogen) atoms. The fourth-order valence-corrected chi connectivity index (χ4v) is 3.41. The van der Waals surface area contributed by atoms with Gasteiger partial charge < -0.3 is 10.6 Å². The minimum Gasteiger partial charge on any atom is -0.870 e. The predicted octanol–water partition coefficient (Wildman–Crippen LogP) is 3.00. The average molecular weight is 408 g/mol. The zero-order valence-corrected chi connectivity index (χ0v) is 14.9. The van der Waals surface area contributed by atoms with E-state index in [-0.39, 0.29) is 28.3 Å². The van der Waals surface area contributed by atoms with E-state index in [0.717, 1.165) is 12.1 Å². The third-order valence-corrected chi connectivity index (χ3v) is 4.70. The van der Waals surface area contributed by atoms with Gasteiger partial charge in [-0.15, -0.1) is 10.5 Å². The maximum absolute atomic E-state index is 12.8. The first-order chi connectivity index (χ1) is 13.2. The predicted molar refractivity (Wildman–Crippen MR) is 95.9 cm³/mol. The van der Waals surface area contributed by atoms with Gasteiger partial charge in [-0.25, -0.2) is 0 Å². The van der Waals surface area contributed by atoms with E-state index >= 15 is 0 Å². The second kappa shape index (κ2) is 6.79. The van der Waals surface area contributed by atoms with Crippen molar-refractivity contribution in [2.75, 3.05) is 10.0 Å². The molecular formula is C18H15F3N4O4. The number of benzene rings is 2. The summed E-state index contributed by atoms with van der Waals surface area (Å²) in [4.78, 5) is 11.1. The summed E-state index contributed by atoms with van der Waals surface area (Å²) in [5, 5.41) is 25.2. The molecule has 0 atom stereocenters. The van der Waals surface area contributed by atoms with Crippen molar-refractivity contribution in [3.63, 3.8) is 0 Å². The number of aliphatic hydroxyl groups excluding tert-OH is 1. The number of hydrogen-bond acceptors (Lipinski definition) is 6. The monoisotopic (exact) mass is 408 g/mol. The smallest absolute Gasteiger partial charge is 0.416 e. The Hall–Kier alpha value is -3.57. The van der Waals surface area contributed by atoms with E-state index in [2.05, 4.69) is 0 Å². The number of halogens is 3. The summed E-state index contributed by atoms with van der Waals surface area (Å²) in [5.74, 6) is -0.300. The lowest BCUT2D eigenvalue weighted by Gasteiger charge is -2.24. The third kappa shape index (κ3) is 3.05. The van der Waals surface area contributed by atoms with Crippen LogP contribution in [0.3, 0.4) is 0 Å². The van der Waals surface area contributed by atoms with Crippen molar-refractivity contribution >= 4 is 17.1 Å². The van der Waals surface area contributed by atoms with E-state index in [1.54, 1.807) is 29.3 Å². The molecule has 4 rings (SSSR count). The average Bonchev–Trinajstić information content (AvgIpc) is 2.99. The maximum atomic E-state index is 12.8. The molecule has 0 fully saturated rings. The summed E-state index contributed by atoms with van der Waals surface area (Å²) in [6.45, 7) is 1.52. The van der Waals surface area contributed by atoms with Crippen molar-refractivity contribution in [1.29, 1.82) is 0 Å². The van der Waals surface area contributed by atoms with Crippen LogP contribution in [0.4, 0.5) is 24.5 Å². The van der Waals surface area contributed by atoms with Crippen LogP contribution < -0.4 is 15.6 Å². The van der Waals surface area contributed by atoms with Gasteiger partial charge in [0.05, 0.1) is 21.6 Å². The number of allylic oxidation sites excluding steroid dienone is 1. The van der Waals surface area contributed by atoms with Crippen molar-refractivity contribution in [3.05, 3.63) is 86.9 Å². The summed E-state index contributed by atoms with van der Waals surface area (Å²) >= 11 is 0. The van der Waals surface area contributed by atoms with Crippen LogP contribution in [0, 0.1) is 10.1 Å². The van der Waals surface area contributed by atoms with Crippen LogP contribution in [-0.2, 0) is 6.18 Å². The van der Waals surface area contributed by atoms with Crippen molar-refractivity contribution in [3.8, 4) is 0 Å². The molecule has 0 spiro atoms. The first kappa shape index (κ1) is 20.2. The van der Waals surface area contributed by atoms with Gasteiger partial charge in [-0.2, -0.15) is 18.2 Å². The Kier molecular flexibility index (Phi) is 4.73. The molecular weight excluding hydrogens is 393 g/mol. The molecule has 2 aromatic rings. The van der Waals surface area contributed by atoms with Crippen molar-refractivity contribution in [2.45, 2.75) is 13.1 Å². The molecule has 0 saturated carbocycles.